The minimum atomic E-state index is 0.0128. The van der Waals surface area contributed by atoms with Crippen LogP contribution in [0.3, 0.4) is 0 Å². The van der Waals surface area contributed by atoms with E-state index in [1.54, 1.807) is 36.4 Å². The Labute approximate surface area is 137 Å². The van der Waals surface area contributed by atoms with Crippen molar-refractivity contribution in [3.05, 3.63) is 58.1 Å². The summed E-state index contributed by atoms with van der Waals surface area (Å²) in [5.41, 5.74) is 0. The summed E-state index contributed by atoms with van der Waals surface area (Å²) in [6.45, 7) is 0.288. The quantitative estimate of drug-likeness (QED) is 0.773. The average molecular weight is 346 g/mol. The molecule has 6 heteroatoms. The third-order valence-electron chi connectivity index (χ3n) is 2.47. The molecule has 0 spiro atoms. The second-order valence-electron chi connectivity index (χ2n) is 3.99. The van der Waals surface area contributed by atoms with Crippen LogP contribution >= 0.6 is 34.8 Å². The van der Waals surface area contributed by atoms with Crippen LogP contribution in [0, 0.1) is 0 Å². The maximum Gasteiger partial charge on any atom is 0.134 e. The molecule has 0 unspecified atom stereocenters. The second-order valence-corrected chi connectivity index (χ2v) is 5.41. The lowest BCUT2D eigenvalue weighted by molar-refractivity contribution is 0.362. The van der Waals surface area contributed by atoms with E-state index in [1.807, 2.05) is 0 Å². The highest BCUT2D eigenvalue weighted by Crippen LogP contribution is 2.30. The van der Waals surface area contributed by atoms with Crippen molar-refractivity contribution in [3.8, 4) is 23.0 Å². The lowest BCUT2D eigenvalue weighted by atomic mass is 10.3. The van der Waals surface area contributed by atoms with E-state index < -0.39 is 0 Å². The lowest BCUT2D eigenvalue weighted by Gasteiger charge is -2.08. The van der Waals surface area contributed by atoms with Crippen molar-refractivity contribution < 1.29 is 14.6 Å². The summed E-state index contributed by atoms with van der Waals surface area (Å²) in [5.74, 6) is 1.83. The Balaban J connectivity index is 1.98. The number of hydrogen-bond acceptors (Lipinski definition) is 3. The fourth-order valence-electron chi connectivity index (χ4n) is 1.49. The summed E-state index contributed by atoms with van der Waals surface area (Å²) in [6.07, 6.45) is 1.55. The van der Waals surface area contributed by atoms with Crippen molar-refractivity contribution >= 4 is 34.8 Å². The van der Waals surface area contributed by atoms with Crippen molar-refractivity contribution in [2.24, 2.45) is 0 Å². The summed E-state index contributed by atoms with van der Waals surface area (Å²) >= 11 is 16.8. The summed E-state index contributed by atoms with van der Waals surface area (Å²) in [6, 6.07) is 11.6. The maximum absolute atomic E-state index is 9.34. The standard InChI is InChI=1S/C15H11Cl3O3/c16-13-9-12(5-6-14(13)19)21-11-3-1-10(2-4-11)20-8-7-15(17)18/h1-7,9,19H,8H2. The number of phenols is 1. The maximum atomic E-state index is 9.34. The number of benzene rings is 2. The van der Waals surface area contributed by atoms with Crippen LogP contribution in [0.25, 0.3) is 0 Å². The van der Waals surface area contributed by atoms with Crippen LogP contribution in [-0.4, -0.2) is 11.7 Å². The molecule has 0 amide bonds. The summed E-state index contributed by atoms with van der Waals surface area (Å²) < 4.78 is 11.2. The molecule has 2 aromatic carbocycles. The Morgan fingerprint density at radius 2 is 1.62 bits per heavy atom. The van der Waals surface area contributed by atoms with Gasteiger partial charge in [0.05, 0.1) is 5.02 Å². The van der Waals surface area contributed by atoms with Crippen LogP contribution in [0.1, 0.15) is 0 Å². The van der Waals surface area contributed by atoms with Gasteiger partial charge in [-0.2, -0.15) is 0 Å². The molecule has 110 valence electrons. The highest BCUT2D eigenvalue weighted by atomic mass is 35.5. The summed E-state index contributed by atoms with van der Waals surface area (Å²) in [7, 11) is 0. The Morgan fingerprint density at radius 3 is 2.24 bits per heavy atom. The third-order valence-corrected chi connectivity index (χ3v) is 3.08. The number of halogens is 3. The molecule has 0 heterocycles. The molecule has 0 bridgehead atoms. The lowest BCUT2D eigenvalue weighted by Crippen LogP contribution is -1.93. The summed E-state index contributed by atoms with van der Waals surface area (Å²) in [4.78, 5) is 0. The Kier molecular flexibility index (Phi) is 5.62. The molecule has 1 N–H and O–H groups in total. The second kappa shape index (κ2) is 7.46. The predicted molar refractivity (Wildman–Crippen MR) is 84.9 cm³/mol. The van der Waals surface area contributed by atoms with E-state index in [2.05, 4.69) is 0 Å². The van der Waals surface area contributed by atoms with E-state index in [0.29, 0.717) is 17.2 Å². The van der Waals surface area contributed by atoms with Gasteiger partial charge in [-0.1, -0.05) is 34.8 Å². The van der Waals surface area contributed by atoms with Gasteiger partial charge in [-0.3, -0.25) is 0 Å². The molecule has 2 rings (SSSR count). The van der Waals surface area contributed by atoms with Gasteiger partial charge in [-0.05, 0) is 42.5 Å². The average Bonchev–Trinajstić information content (AvgIpc) is 2.44. The molecular formula is C15H11Cl3O3. The van der Waals surface area contributed by atoms with Crippen molar-refractivity contribution in [2.45, 2.75) is 0 Å². The van der Waals surface area contributed by atoms with Gasteiger partial charge >= 0.3 is 0 Å². The van der Waals surface area contributed by atoms with E-state index in [9.17, 15) is 5.11 Å². The fraction of sp³-hybridized carbons (Fsp3) is 0.0667. The predicted octanol–water partition coefficient (Wildman–Crippen LogP) is 5.54. The minimum Gasteiger partial charge on any atom is -0.506 e. The molecule has 0 fully saturated rings. The van der Waals surface area contributed by atoms with Gasteiger partial charge in [0.2, 0.25) is 0 Å². The van der Waals surface area contributed by atoms with Crippen LogP contribution in [0.2, 0.25) is 5.02 Å². The molecule has 0 aliphatic heterocycles. The van der Waals surface area contributed by atoms with Gasteiger partial charge in [0.1, 0.15) is 34.1 Å². The van der Waals surface area contributed by atoms with E-state index in [0.717, 1.165) is 0 Å². The molecule has 0 radical (unpaired) electrons. The largest absolute Gasteiger partial charge is 0.506 e. The van der Waals surface area contributed by atoms with Gasteiger partial charge in [-0.15, -0.1) is 0 Å². The van der Waals surface area contributed by atoms with Crippen LogP contribution in [0.4, 0.5) is 0 Å². The van der Waals surface area contributed by atoms with Gasteiger partial charge in [0, 0.05) is 6.07 Å². The molecule has 0 aliphatic rings. The molecule has 0 atom stereocenters. The minimum absolute atomic E-state index is 0.0128. The van der Waals surface area contributed by atoms with Crippen molar-refractivity contribution in [1.82, 2.24) is 0 Å². The van der Waals surface area contributed by atoms with Crippen LogP contribution in [-0.2, 0) is 0 Å². The fourth-order valence-corrected chi connectivity index (χ4v) is 1.79. The highest BCUT2D eigenvalue weighted by Gasteiger charge is 2.02. The monoisotopic (exact) mass is 344 g/mol. The van der Waals surface area contributed by atoms with Gasteiger partial charge in [0.15, 0.2) is 0 Å². The van der Waals surface area contributed by atoms with Crippen LogP contribution < -0.4 is 9.47 Å². The third kappa shape index (κ3) is 5.05. The van der Waals surface area contributed by atoms with E-state index in [1.165, 1.54) is 12.1 Å². The van der Waals surface area contributed by atoms with Crippen molar-refractivity contribution in [2.75, 3.05) is 6.61 Å². The zero-order valence-electron chi connectivity index (χ0n) is 10.7. The number of hydrogen-bond donors (Lipinski definition) is 1. The van der Waals surface area contributed by atoms with Gasteiger partial charge in [0.25, 0.3) is 0 Å². The SMILES string of the molecule is Oc1ccc(Oc2ccc(OCC=C(Cl)Cl)cc2)cc1Cl. The molecule has 0 saturated carbocycles. The molecule has 0 saturated heterocycles. The Hall–Kier alpha value is -1.55. The first-order valence-corrected chi connectivity index (χ1v) is 7.08. The number of rotatable bonds is 5. The molecule has 21 heavy (non-hydrogen) atoms. The summed E-state index contributed by atoms with van der Waals surface area (Å²) in [5, 5.41) is 9.57. The number of aromatic hydroxyl groups is 1. The Morgan fingerprint density at radius 1 is 1.00 bits per heavy atom. The zero-order chi connectivity index (χ0) is 15.2. The van der Waals surface area contributed by atoms with Crippen molar-refractivity contribution in [1.29, 1.82) is 0 Å². The molecule has 2 aromatic rings. The number of ether oxygens (including phenoxy) is 2. The van der Waals surface area contributed by atoms with E-state index in [-0.39, 0.29) is 21.9 Å². The van der Waals surface area contributed by atoms with Gasteiger partial charge < -0.3 is 14.6 Å². The number of phenolic OH excluding ortho intramolecular Hbond substituents is 1. The molecule has 0 aromatic heterocycles. The molecule has 3 nitrogen and oxygen atoms in total. The van der Waals surface area contributed by atoms with E-state index in [4.69, 9.17) is 44.3 Å². The van der Waals surface area contributed by atoms with Crippen LogP contribution in [0.15, 0.2) is 53.0 Å². The first-order valence-electron chi connectivity index (χ1n) is 5.95. The zero-order valence-corrected chi connectivity index (χ0v) is 13.0. The van der Waals surface area contributed by atoms with Gasteiger partial charge in [-0.25, -0.2) is 0 Å². The van der Waals surface area contributed by atoms with Crippen molar-refractivity contribution in [3.63, 3.8) is 0 Å². The first-order chi connectivity index (χ1) is 10.0. The smallest absolute Gasteiger partial charge is 0.134 e. The normalized spacial score (nSPS) is 10.0. The molecule has 0 aliphatic carbocycles. The topological polar surface area (TPSA) is 38.7 Å². The van der Waals surface area contributed by atoms with E-state index >= 15 is 0 Å². The first kappa shape index (κ1) is 15.8. The highest BCUT2D eigenvalue weighted by molar-refractivity contribution is 6.55. The Bertz CT molecular complexity index is 635. The van der Waals surface area contributed by atoms with Crippen LogP contribution in [0.5, 0.6) is 23.0 Å². The molecular weight excluding hydrogens is 335 g/mol.